The van der Waals surface area contributed by atoms with Crippen LogP contribution in [0.2, 0.25) is 0 Å². The zero-order valence-electron chi connectivity index (χ0n) is 8.43. The third kappa shape index (κ3) is 3.09. The highest BCUT2D eigenvalue weighted by Crippen LogP contribution is 2.13. The highest BCUT2D eigenvalue weighted by molar-refractivity contribution is 5.99. The zero-order chi connectivity index (χ0) is 11.4. The minimum Gasteiger partial charge on any atom is -0.481 e. The maximum atomic E-state index is 11.7. The predicted molar refractivity (Wildman–Crippen MR) is 56.6 cm³/mol. The van der Waals surface area contributed by atoms with Crippen molar-refractivity contribution in [2.75, 3.05) is 5.73 Å². The SMILES string of the molecule is C[C@H](CC(=O)O)C(=O)c1ccc(N)cc1. The Balaban J connectivity index is 2.76. The van der Waals surface area contributed by atoms with E-state index < -0.39 is 11.9 Å². The summed E-state index contributed by atoms with van der Waals surface area (Å²) in [5.74, 6) is -1.64. The summed E-state index contributed by atoms with van der Waals surface area (Å²) < 4.78 is 0. The molecule has 0 unspecified atom stereocenters. The third-order valence-corrected chi connectivity index (χ3v) is 2.12. The molecule has 1 aromatic rings. The Bertz CT molecular complexity index is 370. The Morgan fingerprint density at radius 1 is 1.33 bits per heavy atom. The second-order valence-electron chi connectivity index (χ2n) is 3.49. The average Bonchev–Trinajstić information content (AvgIpc) is 2.17. The number of ketones is 1. The Labute approximate surface area is 87.7 Å². The quantitative estimate of drug-likeness (QED) is 0.580. The van der Waals surface area contributed by atoms with Gasteiger partial charge in [0.25, 0.3) is 0 Å². The van der Waals surface area contributed by atoms with Gasteiger partial charge >= 0.3 is 5.97 Å². The van der Waals surface area contributed by atoms with Gasteiger partial charge in [-0.15, -0.1) is 0 Å². The fraction of sp³-hybridized carbons (Fsp3) is 0.273. The van der Waals surface area contributed by atoms with Crippen LogP contribution in [0.15, 0.2) is 24.3 Å². The molecule has 4 nitrogen and oxygen atoms in total. The van der Waals surface area contributed by atoms with Crippen molar-refractivity contribution in [3.63, 3.8) is 0 Å². The van der Waals surface area contributed by atoms with Crippen molar-refractivity contribution >= 4 is 17.4 Å². The maximum Gasteiger partial charge on any atom is 0.304 e. The normalized spacial score (nSPS) is 12.1. The molecule has 1 rings (SSSR count). The number of hydrogen-bond donors (Lipinski definition) is 2. The number of carbonyl (C=O) groups is 2. The van der Waals surface area contributed by atoms with E-state index in [0.717, 1.165) is 0 Å². The monoisotopic (exact) mass is 207 g/mol. The Kier molecular flexibility index (Phi) is 3.44. The van der Waals surface area contributed by atoms with Crippen LogP contribution in [0.3, 0.4) is 0 Å². The van der Waals surface area contributed by atoms with Crippen LogP contribution in [-0.4, -0.2) is 16.9 Å². The van der Waals surface area contributed by atoms with Crippen molar-refractivity contribution in [3.8, 4) is 0 Å². The number of anilines is 1. The summed E-state index contributed by atoms with van der Waals surface area (Å²) in [7, 11) is 0. The van der Waals surface area contributed by atoms with E-state index >= 15 is 0 Å². The van der Waals surface area contributed by atoms with E-state index in [1.54, 1.807) is 31.2 Å². The Morgan fingerprint density at radius 3 is 2.33 bits per heavy atom. The molecule has 80 valence electrons. The second kappa shape index (κ2) is 4.59. The molecule has 0 aliphatic rings. The number of benzene rings is 1. The summed E-state index contributed by atoms with van der Waals surface area (Å²) >= 11 is 0. The van der Waals surface area contributed by atoms with Gasteiger partial charge in [-0.2, -0.15) is 0 Å². The molecule has 0 spiro atoms. The molecular formula is C11H13NO3. The van der Waals surface area contributed by atoms with Crippen molar-refractivity contribution in [2.24, 2.45) is 5.92 Å². The fourth-order valence-electron chi connectivity index (χ4n) is 1.29. The summed E-state index contributed by atoms with van der Waals surface area (Å²) in [6, 6.07) is 6.47. The summed E-state index contributed by atoms with van der Waals surface area (Å²) in [5.41, 5.74) is 6.56. The predicted octanol–water partition coefficient (Wildman–Crippen LogP) is 1.56. The molecule has 0 aromatic heterocycles. The van der Waals surface area contributed by atoms with Crippen LogP contribution in [0.25, 0.3) is 0 Å². The Hall–Kier alpha value is -1.84. The molecule has 0 saturated carbocycles. The summed E-state index contributed by atoms with van der Waals surface area (Å²) in [6.07, 6.45) is -0.150. The fourth-order valence-corrected chi connectivity index (χ4v) is 1.29. The summed E-state index contributed by atoms with van der Waals surface area (Å²) in [5, 5.41) is 8.55. The van der Waals surface area contributed by atoms with Gasteiger partial charge in [0.1, 0.15) is 0 Å². The van der Waals surface area contributed by atoms with Crippen LogP contribution in [0.4, 0.5) is 5.69 Å². The van der Waals surface area contributed by atoms with Gasteiger partial charge in [-0.25, -0.2) is 0 Å². The molecule has 0 heterocycles. The topological polar surface area (TPSA) is 80.4 Å². The molecule has 0 aliphatic carbocycles. The van der Waals surface area contributed by atoms with Crippen LogP contribution in [0.5, 0.6) is 0 Å². The lowest BCUT2D eigenvalue weighted by Crippen LogP contribution is -2.15. The number of rotatable bonds is 4. The van der Waals surface area contributed by atoms with Crippen molar-refractivity contribution in [2.45, 2.75) is 13.3 Å². The van der Waals surface area contributed by atoms with Gasteiger partial charge in [-0.3, -0.25) is 9.59 Å². The highest BCUT2D eigenvalue weighted by Gasteiger charge is 2.17. The molecule has 0 saturated heterocycles. The van der Waals surface area contributed by atoms with E-state index in [2.05, 4.69) is 0 Å². The molecule has 0 bridgehead atoms. The van der Waals surface area contributed by atoms with E-state index in [0.29, 0.717) is 11.3 Å². The van der Waals surface area contributed by atoms with Gasteiger partial charge < -0.3 is 10.8 Å². The molecule has 0 amide bonds. The minimum absolute atomic E-state index is 0.150. The van der Waals surface area contributed by atoms with E-state index in [9.17, 15) is 9.59 Å². The zero-order valence-corrected chi connectivity index (χ0v) is 8.43. The number of carboxylic acids is 1. The van der Waals surface area contributed by atoms with Crippen LogP contribution in [-0.2, 0) is 4.79 Å². The molecule has 0 aliphatic heterocycles. The van der Waals surface area contributed by atoms with Crippen LogP contribution in [0.1, 0.15) is 23.7 Å². The Morgan fingerprint density at radius 2 is 1.87 bits per heavy atom. The first-order valence-corrected chi connectivity index (χ1v) is 4.62. The van der Waals surface area contributed by atoms with Crippen LogP contribution >= 0.6 is 0 Å². The largest absolute Gasteiger partial charge is 0.481 e. The number of hydrogen-bond acceptors (Lipinski definition) is 3. The van der Waals surface area contributed by atoms with Gasteiger partial charge in [-0.1, -0.05) is 6.92 Å². The average molecular weight is 207 g/mol. The first-order valence-electron chi connectivity index (χ1n) is 4.62. The number of carboxylic acid groups (broad SMARTS) is 1. The molecule has 15 heavy (non-hydrogen) atoms. The third-order valence-electron chi connectivity index (χ3n) is 2.12. The number of Topliss-reactive ketones (excluding diaryl/α,β-unsaturated/α-hetero) is 1. The van der Waals surface area contributed by atoms with E-state index in [1.807, 2.05) is 0 Å². The molecule has 4 heteroatoms. The van der Waals surface area contributed by atoms with Gasteiger partial charge in [0, 0.05) is 17.2 Å². The van der Waals surface area contributed by atoms with E-state index in [4.69, 9.17) is 10.8 Å². The molecule has 0 radical (unpaired) electrons. The van der Waals surface area contributed by atoms with E-state index in [-0.39, 0.29) is 12.2 Å². The van der Waals surface area contributed by atoms with Crippen molar-refractivity contribution < 1.29 is 14.7 Å². The first-order chi connectivity index (χ1) is 7.00. The number of aliphatic carboxylic acids is 1. The molecule has 1 aromatic carbocycles. The van der Waals surface area contributed by atoms with Crippen molar-refractivity contribution in [3.05, 3.63) is 29.8 Å². The smallest absolute Gasteiger partial charge is 0.304 e. The standard InChI is InChI=1S/C11H13NO3/c1-7(6-10(13)14)11(15)8-2-4-9(12)5-3-8/h2-5,7H,6,12H2,1H3,(H,13,14)/t7-/m1/s1. The summed E-state index contributed by atoms with van der Waals surface area (Å²) in [4.78, 5) is 22.1. The van der Waals surface area contributed by atoms with Gasteiger partial charge in [0.2, 0.25) is 0 Å². The minimum atomic E-state index is -0.966. The van der Waals surface area contributed by atoms with Gasteiger partial charge in [0.15, 0.2) is 5.78 Å². The lowest BCUT2D eigenvalue weighted by atomic mass is 9.96. The number of nitrogens with two attached hydrogens (primary N) is 1. The number of carbonyl (C=O) groups excluding carboxylic acids is 1. The molecule has 0 fully saturated rings. The molecule has 3 N–H and O–H groups in total. The lowest BCUT2D eigenvalue weighted by Gasteiger charge is -2.07. The highest BCUT2D eigenvalue weighted by atomic mass is 16.4. The van der Waals surface area contributed by atoms with Crippen molar-refractivity contribution in [1.29, 1.82) is 0 Å². The first kappa shape index (κ1) is 11.2. The maximum absolute atomic E-state index is 11.7. The van der Waals surface area contributed by atoms with Gasteiger partial charge in [-0.05, 0) is 24.3 Å². The molecular weight excluding hydrogens is 194 g/mol. The van der Waals surface area contributed by atoms with E-state index in [1.165, 1.54) is 0 Å². The second-order valence-corrected chi connectivity index (χ2v) is 3.49. The summed E-state index contributed by atoms with van der Waals surface area (Å²) in [6.45, 7) is 1.60. The van der Waals surface area contributed by atoms with Crippen LogP contribution < -0.4 is 5.73 Å². The van der Waals surface area contributed by atoms with Gasteiger partial charge in [0.05, 0.1) is 6.42 Å². The molecule has 1 atom stereocenters. The van der Waals surface area contributed by atoms with Crippen LogP contribution in [0, 0.1) is 5.92 Å². The number of nitrogen functional groups attached to an aromatic ring is 1. The lowest BCUT2D eigenvalue weighted by molar-refractivity contribution is -0.137. The van der Waals surface area contributed by atoms with Crippen molar-refractivity contribution in [1.82, 2.24) is 0 Å².